The fourth-order valence-electron chi connectivity index (χ4n) is 5.84. The molecule has 2 aromatic carbocycles. The van der Waals surface area contributed by atoms with Crippen molar-refractivity contribution in [3.8, 4) is 11.1 Å². The van der Waals surface area contributed by atoms with Crippen LogP contribution < -0.4 is 5.32 Å². The number of nitrogens with one attached hydrogen (secondary N) is 1. The van der Waals surface area contributed by atoms with Gasteiger partial charge in [0.2, 0.25) is 5.91 Å². The maximum atomic E-state index is 13.1. The first-order chi connectivity index (χ1) is 16.9. The highest BCUT2D eigenvalue weighted by atomic mass is 16.5. The number of carbonyl (C=O) groups is 3. The zero-order chi connectivity index (χ0) is 24.5. The van der Waals surface area contributed by atoms with E-state index in [2.05, 4.69) is 29.6 Å². The number of carboxylic acids is 1. The lowest BCUT2D eigenvalue weighted by atomic mass is 9.81. The minimum absolute atomic E-state index is 0.00594. The van der Waals surface area contributed by atoms with E-state index in [-0.39, 0.29) is 36.3 Å². The number of carboxylic acid groups (broad SMARTS) is 1. The Balaban J connectivity index is 1.19. The van der Waals surface area contributed by atoms with Gasteiger partial charge in [-0.1, -0.05) is 68.3 Å². The van der Waals surface area contributed by atoms with Crippen molar-refractivity contribution < 1.29 is 24.2 Å². The zero-order valence-electron chi connectivity index (χ0n) is 20.0. The Morgan fingerprint density at radius 1 is 1.00 bits per heavy atom. The highest BCUT2D eigenvalue weighted by Gasteiger charge is 2.42. The molecule has 2 amide bonds. The molecule has 2 fully saturated rings. The fourth-order valence-corrected chi connectivity index (χ4v) is 5.84. The molecular formula is C28H32N2O5. The van der Waals surface area contributed by atoms with Gasteiger partial charge in [0.25, 0.3) is 0 Å². The van der Waals surface area contributed by atoms with E-state index in [1.165, 1.54) is 11.1 Å². The zero-order valence-corrected chi connectivity index (χ0v) is 20.0. The molecule has 0 spiro atoms. The number of amides is 2. The molecule has 0 radical (unpaired) electrons. The predicted octanol–water partition coefficient (Wildman–Crippen LogP) is 4.26. The molecule has 1 saturated carbocycles. The Bertz CT molecular complexity index is 1080. The van der Waals surface area contributed by atoms with E-state index in [1.807, 2.05) is 24.3 Å². The summed E-state index contributed by atoms with van der Waals surface area (Å²) in [4.78, 5) is 38.9. The van der Waals surface area contributed by atoms with Crippen LogP contribution in [0.3, 0.4) is 0 Å². The largest absolute Gasteiger partial charge is 0.481 e. The lowest BCUT2D eigenvalue weighted by Crippen LogP contribution is -2.58. The number of hydrogen-bond donors (Lipinski definition) is 2. The van der Waals surface area contributed by atoms with Crippen LogP contribution in [-0.4, -0.2) is 53.7 Å². The number of carbonyl (C=O) groups excluding carboxylic acids is 2. The minimum atomic E-state index is -0.824. The van der Waals surface area contributed by atoms with Crippen molar-refractivity contribution in [2.75, 3.05) is 19.7 Å². The molecule has 184 valence electrons. The van der Waals surface area contributed by atoms with Crippen molar-refractivity contribution in [3.05, 3.63) is 59.7 Å². The van der Waals surface area contributed by atoms with E-state index in [1.54, 1.807) is 11.8 Å². The van der Waals surface area contributed by atoms with Crippen molar-refractivity contribution in [1.29, 1.82) is 0 Å². The van der Waals surface area contributed by atoms with Crippen molar-refractivity contribution in [3.63, 3.8) is 0 Å². The van der Waals surface area contributed by atoms with Crippen LogP contribution in [0.4, 0.5) is 4.79 Å². The molecule has 1 saturated heterocycles. The molecule has 2 aromatic rings. The van der Waals surface area contributed by atoms with Gasteiger partial charge in [-0.2, -0.15) is 0 Å². The van der Waals surface area contributed by atoms with E-state index in [0.717, 1.165) is 36.8 Å². The summed E-state index contributed by atoms with van der Waals surface area (Å²) in [7, 11) is 0. The quantitative estimate of drug-likeness (QED) is 0.649. The van der Waals surface area contributed by atoms with Crippen LogP contribution in [0.2, 0.25) is 0 Å². The summed E-state index contributed by atoms with van der Waals surface area (Å²) in [6.45, 7) is 2.88. The monoisotopic (exact) mass is 476 g/mol. The number of hydrogen-bond acceptors (Lipinski definition) is 4. The van der Waals surface area contributed by atoms with Gasteiger partial charge in [0, 0.05) is 31.0 Å². The highest BCUT2D eigenvalue weighted by molar-refractivity contribution is 5.82. The van der Waals surface area contributed by atoms with E-state index in [4.69, 9.17) is 4.74 Å². The molecule has 7 nitrogen and oxygen atoms in total. The second-order valence-electron chi connectivity index (χ2n) is 10.1. The maximum absolute atomic E-state index is 13.1. The molecule has 1 aliphatic heterocycles. The Hall–Kier alpha value is -3.35. The molecule has 35 heavy (non-hydrogen) atoms. The SMILES string of the molecule is CC(C(=O)O)C1CN(C(=O)[C@H]2CCCC[C@H]2NC(=O)OCC2c3ccccc3-c3ccccc32)C1. The van der Waals surface area contributed by atoms with Gasteiger partial charge in [-0.15, -0.1) is 0 Å². The summed E-state index contributed by atoms with van der Waals surface area (Å²) >= 11 is 0. The first-order valence-electron chi connectivity index (χ1n) is 12.6. The van der Waals surface area contributed by atoms with Gasteiger partial charge >= 0.3 is 12.1 Å². The number of ether oxygens (including phenoxy) is 1. The molecule has 0 aromatic heterocycles. The van der Waals surface area contributed by atoms with Crippen LogP contribution in [0, 0.1) is 17.8 Å². The van der Waals surface area contributed by atoms with Gasteiger partial charge in [-0.05, 0) is 35.1 Å². The molecule has 3 atom stereocenters. The summed E-state index contributed by atoms with van der Waals surface area (Å²) in [5.41, 5.74) is 4.69. The standard InChI is InChI=1S/C28H32N2O5/c1-17(27(32)33)18-14-30(15-18)26(31)23-12-6-7-13-25(23)29-28(34)35-16-24-21-10-4-2-8-19(21)20-9-3-5-11-22(20)24/h2-5,8-11,17-18,23-25H,6-7,12-16H2,1H3,(H,29,34)(H,32,33)/t17?,23-,25+/m0/s1. The van der Waals surface area contributed by atoms with Crippen LogP contribution in [0.25, 0.3) is 11.1 Å². The number of nitrogens with zero attached hydrogens (tertiary/aromatic N) is 1. The van der Waals surface area contributed by atoms with E-state index in [9.17, 15) is 19.5 Å². The van der Waals surface area contributed by atoms with Gasteiger partial charge in [0.05, 0.1) is 11.8 Å². The van der Waals surface area contributed by atoms with Crippen molar-refractivity contribution >= 4 is 18.0 Å². The third-order valence-corrected chi connectivity index (χ3v) is 8.05. The predicted molar refractivity (Wildman–Crippen MR) is 131 cm³/mol. The average molecular weight is 477 g/mol. The summed E-state index contributed by atoms with van der Waals surface area (Å²) in [6, 6.07) is 16.2. The van der Waals surface area contributed by atoms with Gasteiger partial charge in [-0.3, -0.25) is 9.59 Å². The smallest absolute Gasteiger partial charge is 0.407 e. The molecule has 2 aliphatic carbocycles. The van der Waals surface area contributed by atoms with E-state index >= 15 is 0 Å². The molecule has 0 bridgehead atoms. The Kier molecular flexibility index (Phi) is 6.50. The second kappa shape index (κ2) is 9.72. The van der Waals surface area contributed by atoms with Crippen molar-refractivity contribution in [2.45, 2.75) is 44.6 Å². The fraction of sp³-hybridized carbons (Fsp3) is 0.464. The van der Waals surface area contributed by atoms with Crippen molar-refractivity contribution in [2.24, 2.45) is 17.8 Å². The molecular weight excluding hydrogens is 444 g/mol. The third-order valence-electron chi connectivity index (χ3n) is 8.05. The number of benzene rings is 2. The van der Waals surface area contributed by atoms with E-state index < -0.39 is 18.0 Å². The van der Waals surface area contributed by atoms with Crippen LogP contribution in [0.1, 0.15) is 49.7 Å². The van der Waals surface area contributed by atoms with E-state index in [0.29, 0.717) is 13.1 Å². The first-order valence-corrected chi connectivity index (χ1v) is 12.6. The second-order valence-corrected chi connectivity index (χ2v) is 10.1. The Morgan fingerprint density at radius 2 is 1.60 bits per heavy atom. The highest BCUT2D eigenvalue weighted by Crippen LogP contribution is 2.44. The van der Waals surface area contributed by atoms with Crippen molar-refractivity contribution in [1.82, 2.24) is 10.2 Å². The maximum Gasteiger partial charge on any atom is 0.407 e. The number of alkyl carbamates (subject to hydrolysis) is 1. The number of fused-ring (bicyclic) bond motifs is 3. The Labute approximate surface area is 205 Å². The number of likely N-dealkylation sites (tertiary alicyclic amines) is 1. The summed E-state index contributed by atoms with van der Waals surface area (Å²) in [5.74, 6) is -1.57. The van der Waals surface area contributed by atoms with Gasteiger partial charge in [-0.25, -0.2) is 4.79 Å². The molecule has 1 unspecified atom stereocenters. The van der Waals surface area contributed by atoms with Crippen LogP contribution in [0.15, 0.2) is 48.5 Å². The average Bonchev–Trinajstić information content (AvgIpc) is 3.15. The molecule has 1 heterocycles. The summed E-state index contributed by atoms with van der Waals surface area (Å²) in [6.07, 6.45) is 2.88. The summed E-state index contributed by atoms with van der Waals surface area (Å²) < 4.78 is 5.71. The lowest BCUT2D eigenvalue weighted by molar-refractivity contribution is -0.153. The lowest BCUT2D eigenvalue weighted by Gasteiger charge is -2.44. The van der Waals surface area contributed by atoms with Gasteiger partial charge in [0.15, 0.2) is 0 Å². The third kappa shape index (κ3) is 4.51. The van der Waals surface area contributed by atoms with Crippen LogP contribution in [0.5, 0.6) is 0 Å². The van der Waals surface area contributed by atoms with Gasteiger partial charge < -0.3 is 20.1 Å². The van der Waals surface area contributed by atoms with Crippen LogP contribution in [-0.2, 0) is 14.3 Å². The normalized spacial score (nSPS) is 22.5. The van der Waals surface area contributed by atoms with Gasteiger partial charge in [0.1, 0.15) is 6.61 Å². The molecule has 7 heteroatoms. The minimum Gasteiger partial charge on any atom is -0.481 e. The molecule has 2 N–H and O–H groups in total. The number of aliphatic carboxylic acids is 1. The molecule has 5 rings (SSSR count). The summed E-state index contributed by atoms with van der Waals surface area (Å²) in [5, 5.41) is 12.2. The first kappa shape index (κ1) is 23.4. The number of rotatable bonds is 6. The Morgan fingerprint density at radius 3 is 2.23 bits per heavy atom. The van der Waals surface area contributed by atoms with Crippen LogP contribution >= 0.6 is 0 Å². The topological polar surface area (TPSA) is 95.9 Å². The molecule has 3 aliphatic rings.